The molecule has 1 amide bonds. The van der Waals surface area contributed by atoms with Crippen molar-refractivity contribution in [3.8, 4) is 5.75 Å². The zero-order valence-electron chi connectivity index (χ0n) is 15.3. The molecule has 3 rings (SSSR count). The standard InChI is InChI=1S/C21H22ClNO4/c1-21(2,27-16-9-7-15(22)8-10-16)20(26)23-12-11-14(13-23)17-5-3-4-6-18(17)19(24)25/h3-10,14H,11-13H2,1-2H3,(H,24,25). The first kappa shape index (κ1) is 19.2. The number of nitrogens with zero attached hydrogens (tertiary/aromatic N) is 1. The van der Waals surface area contributed by atoms with Crippen LogP contribution in [-0.4, -0.2) is 40.6 Å². The predicted molar refractivity (Wildman–Crippen MR) is 103 cm³/mol. The van der Waals surface area contributed by atoms with Crippen LogP contribution in [0.15, 0.2) is 48.5 Å². The molecule has 1 aliphatic rings. The molecular formula is C21H22ClNO4. The minimum Gasteiger partial charge on any atom is -0.478 e. The Bertz CT molecular complexity index is 848. The highest BCUT2D eigenvalue weighted by Crippen LogP contribution is 2.32. The Morgan fingerprint density at radius 1 is 1.15 bits per heavy atom. The number of aromatic carboxylic acids is 1. The van der Waals surface area contributed by atoms with E-state index in [0.29, 0.717) is 29.4 Å². The maximum absolute atomic E-state index is 13.0. The molecule has 1 heterocycles. The highest BCUT2D eigenvalue weighted by molar-refractivity contribution is 6.30. The fourth-order valence-electron chi connectivity index (χ4n) is 3.47. The Hall–Kier alpha value is -2.53. The van der Waals surface area contributed by atoms with Crippen molar-refractivity contribution in [2.24, 2.45) is 0 Å². The molecule has 1 fully saturated rings. The van der Waals surface area contributed by atoms with Gasteiger partial charge in [-0.15, -0.1) is 0 Å². The number of ether oxygens (including phenoxy) is 1. The highest BCUT2D eigenvalue weighted by Gasteiger charge is 2.38. The molecule has 0 radical (unpaired) electrons. The topological polar surface area (TPSA) is 66.8 Å². The Morgan fingerprint density at radius 2 is 1.81 bits per heavy atom. The first-order chi connectivity index (χ1) is 12.8. The normalized spacial score (nSPS) is 17.0. The molecule has 1 saturated heterocycles. The van der Waals surface area contributed by atoms with Crippen LogP contribution in [0, 0.1) is 0 Å². The van der Waals surface area contributed by atoms with Crippen molar-refractivity contribution < 1.29 is 19.4 Å². The van der Waals surface area contributed by atoms with Gasteiger partial charge in [0.1, 0.15) is 5.75 Å². The number of hydrogen-bond donors (Lipinski definition) is 1. The van der Waals surface area contributed by atoms with Gasteiger partial charge in [-0.1, -0.05) is 29.8 Å². The number of likely N-dealkylation sites (tertiary alicyclic amines) is 1. The van der Waals surface area contributed by atoms with Gasteiger partial charge in [-0.05, 0) is 56.2 Å². The Kier molecular flexibility index (Phi) is 5.42. The lowest BCUT2D eigenvalue weighted by molar-refractivity contribution is -0.144. The quantitative estimate of drug-likeness (QED) is 0.834. The molecule has 1 N–H and O–H groups in total. The number of amides is 1. The van der Waals surface area contributed by atoms with Crippen molar-refractivity contribution >= 4 is 23.5 Å². The van der Waals surface area contributed by atoms with E-state index in [1.165, 1.54) is 0 Å². The van der Waals surface area contributed by atoms with Crippen molar-refractivity contribution in [1.29, 1.82) is 0 Å². The van der Waals surface area contributed by atoms with Crippen molar-refractivity contribution in [2.75, 3.05) is 13.1 Å². The van der Waals surface area contributed by atoms with E-state index >= 15 is 0 Å². The maximum atomic E-state index is 13.0. The second-order valence-corrected chi connectivity index (χ2v) is 7.63. The van der Waals surface area contributed by atoms with Gasteiger partial charge in [0.25, 0.3) is 5.91 Å². The van der Waals surface area contributed by atoms with E-state index in [1.54, 1.807) is 55.1 Å². The lowest BCUT2D eigenvalue weighted by Crippen LogP contribution is -2.48. The molecule has 2 aromatic rings. The zero-order valence-corrected chi connectivity index (χ0v) is 16.1. The summed E-state index contributed by atoms with van der Waals surface area (Å²) in [5, 5.41) is 10.0. The molecule has 1 aliphatic heterocycles. The summed E-state index contributed by atoms with van der Waals surface area (Å²) in [6.07, 6.45) is 0.729. The summed E-state index contributed by atoms with van der Waals surface area (Å²) in [5.74, 6) is -0.480. The van der Waals surface area contributed by atoms with E-state index < -0.39 is 11.6 Å². The van der Waals surface area contributed by atoms with Crippen LogP contribution in [0.5, 0.6) is 5.75 Å². The SMILES string of the molecule is CC(C)(Oc1ccc(Cl)cc1)C(=O)N1CCC(c2ccccc2C(=O)O)C1. The molecular weight excluding hydrogens is 366 g/mol. The summed E-state index contributed by atoms with van der Waals surface area (Å²) in [4.78, 5) is 26.2. The first-order valence-electron chi connectivity index (χ1n) is 8.84. The molecule has 1 atom stereocenters. The van der Waals surface area contributed by atoms with Gasteiger partial charge < -0.3 is 14.7 Å². The van der Waals surface area contributed by atoms with E-state index in [2.05, 4.69) is 0 Å². The molecule has 0 bridgehead atoms. The van der Waals surface area contributed by atoms with Gasteiger partial charge in [0.2, 0.25) is 0 Å². The van der Waals surface area contributed by atoms with Crippen molar-refractivity contribution in [3.63, 3.8) is 0 Å². The highest BCUT2D eigenvalue weighted by atomic mass is 35.5. The number of carbonyl (C=O) groups excluding carboxylic acids is 1. The summed E-state index contributed by atoms with van der Waals surface area (Å²) in [5.41, 5.74) is 0.0416. The van der Waals surface area contributed by atoms with Gasteiger partial charge in [0, 0.05) is 24.0 Å². The third-order valence-corrected chi connectivity index (χ3v) is 5.06. The average molecular weight is 388 g/mol. The number of carboxylic acids is 1. The number of hydrogen-bond acceptors (Lipinski definition) is 3. The average Bonchev–Trinajstić information content (AvgIpc) is 3.12. The minimum absolute atomic E-state index is 0.00702. The molecule has 5 nitrogen and oxygen atoms in total. The molecule has 0 spiro atoms. The van der Waals surface area contributed by atoms with Gasteiger partial charge in [0.15, 0.2) is 5.60 Å². The number of halogens is 1. The maximum Gasteiger partial charge on any atom is 0.335 e. The van der Waals surface area contributed by atoms with Crippen LogP contribution in [0.2, 0.25) is 5.02 Å². The third kappa shape index (κ3) is 4.25. The molecule has 0 aromatic heterocycles. The lowest BCUT2D eigenvalue weighted by atomic mass is 9.93. The molecule has 142 valence electrons. The van der Waals surface area contributed by atoms with Gasteiger partial charge in [0.05, 0.1) is 5.56 Å². The third-order valence-electron chi connectivity index (χ3n) is 4.81. The van der Waals surface area contributed by atoms with Crippen LogP contribution >= 0.6 is 11.6 Å². The monoisotopic (exact) mass is 387 g/mol. The predicted octanol–water partition coefficient (Wildman–Crippen LogP) is 4.21. The number of carboxylic acid groups (broad SMARTS) is 1. The first-order valence-corrected chi connectivity index (χ1v) is 9.22. The van der Waals surface area contributed by atoms with E-state index in [-0.39, 0.29) is 11.8 Å². The molecule has 6 heteroatoms. The van der Waals surface area contributed by atoms with E-state index in [9.17, 15) is 14.7 Å². The van der Waals surface area contributed by atoms with Crippen LogP contribution in [-0.2, 0) is 4.79 Å². The van der Waals surface area contributed by atoms with E-state index in [0.717, 1.165) is 12.0 Å². The number of rotatable bonds is 5. The summed E-state index contributed by atoms with van der Waals surface area (Å²) < 4.78 is 5.89. The number of carbonyl (C=O) groups is 2. The zero-order chi connectivity index (χ0) is 19.6. The molecule has 27 heavy (non-hydrogen) atoms. The van der Waals surface area contributed by atoms with E-state index in [1.807, 2.05) is 12.1 Å². The van der Waals surface area contributed by atoms with Crippen LogP contribution in [0.1, 0.15) is 42.1 Å². The Labute approximate surface area is 163 Å². The molecule has 1 unspecified atom stereocenters. The molecule has 0 aliphatic carbocycles. The fraction of sp³-hybridized carbons (Fsp3) is 0.333. The smallest absolute Gasteiger partial charge is 0.335 e. The van der Waals surface area contributed by atoms with Gasteiger partial charge in [-0.2, -0.15) is 0 Å². The number of benzene rings is 2. The van der Waals surface area contributed by atoms with E-state index in [4.69, 9.17) is 16.3 Å². The van der Waals surface area contributed by atoms with Gasteiger partial charge in [-0.25, -0.2) is 4.79 Å². The largest absolute Gasteiger partial charge is 0.478 e. The second kappa shape index (κ2) is 7.61. The van der Waals surface area contributed by atoms with Crippen LogP contribution in [0.3, 0.4) is 0 Å². The summed E-state index contributed by atoms with van der Waals surface area (Å²) in [6.45, 7) is 4.53. The van der Waals surface area contributed by atoms with Crippen LogP contribution in [0.4, 0.5) is 0 Å². The van der Waals surface area contributed by atoms with Crippen LogP contribution in [0.25, 0.3) is 0 Å². The second-order valence-electron chi connectivity index (χ2n) is 7.20. The Morgan fingerprint density at radius 3 is 2.48 bits per heavy atom. The minimum atomic E-state index is -1.03. The summed E-state index contributed by atoms with van der Waals surface area (Å²) in [7, 11) is 0. The van der Waals surface area contributed by atoms with Gasteiger partial charge >= 0.3 is 5.97 Å². The summed E-state index contributed by atoms with van der Waals surface area (Å²) in [6, 6.07) is 13.9. The Balaban J connectivity index is 1.71. The van der Waals surface area contributed by atoms with Gasteiger partial charge in [-0.3, -0.25) is 4.79 Å². The molecule has 0 saturated carbocycles. The molecule has 2 aromatic carbocycles. The van der Waals surface area contributed by atoms with Crippen molar-refractivity contribution in [3.05, 3.63) is 64.7 Å². The lowest BCUT2D eigenvalue weighted by Gasteiger charge is -2.30. The van der Waals surface area contributed by atoms with Crippen molar-refractivity contribution in [2.45, 2.75) is 31.8 Å². The van der Waals surface area contributed by atoms with Crippen LogP contribution < -0.4 is 4.74 Å². The summed E-state index contributed by atoms with van der Waals surface area (Å²) >= 11 is 5.89. The van der Waals surface area contributed by atoms with Crippen molar-refractivity contribution in [1.82, 2.24) is 4.90 Å². The fourth-order valence-corrected chi connectivity index (χ4v) is 3.59.